The topological polar surface area (TPSA) is 81.2 Å². The second-order valence-corrected chi connectivity index (χ2v) is 9.68. The monoisotopic (exact) mass is 493 g/mol. The van der Waals surface area contributed by atoms with E-state index in [1.807, 2.05) is 53.9 Å². The van der Waals surface area contributed by atoms with Crippen LogP contribution in [-0.2, 0) is 22.4 Å². The van der Waals surface area contributed by atoms with E-state index in [1.54, 1.807) is 0 Å². The molecule has 0 spiro atoms. The molecule has 0 bridgehead atoms. The van der Waals surface area contributed by atoms with Crippen LogP contribution in [0.3, 0.4) is 0 Å². The lowest BCUT2D eigenvalue weighted by atomic mass is 9.90. The van der Waals surface area contributed by atoms with Gasteiger partial charge in [-0.2, -0.15) is 0 Å². The minimum absolute atomic E-state index is 0.382. The van der Waals surface area contributed by atoms with E-state index in [4.69, 9.17) is 9.72 Å². The van der Waals surface area contributed by atoms with Gasteiger partial charge in [0.2, 0.25) is 0 Å². The molecule has 1 aliphatic carbocycles. The van der Waals surface area contributed by atoms with E-state index in [0.717, 1.165) is 69.9 Å². The summed E-state index contributed by atoms with van der Waals surface area (Å²) in [6.07, 6.45) is 3.71. The third-order valence-electron chi connectivity index (χ3n) is 6.52. The Labute approximate surface area is 212 Å². The number of aromatic nitrogens is 2. The molecule has 36 heavy (non-hydrogen) atoms. The predicted molar refractivity (Wildman–Crippen MR) is 142 cm³/mol. The Morgan fingerprint density at radius 3 is 2.58 bits per heavy atom. The van der Waals surface area contributed by atoms with E-state index in [9.17, 15) is 9.59 Å². The lowest BCUT2D eigenvalue weighted by molar-refractivity contribution is -0.119. The first kappa shape index (κ1) is 22.4. The summed E-state index contributed by atoms with van der Waals surface area (Å²) in [5.74, 6) is -0.910. The number of hydrogen-bond donors (Lipinski definition) is 1. The van der Waals surface area contributed by atoms with E-state index in [-0.39, 0.29) is 6.61 Å². The Morgan fingerprint density at radius 2 is 1.67 bits per heavy atom. The molecule has 1 N–H and O–H groups in total. The molecule has 1 aliphatic rings. The van der Waals surface area contributed by atoms with Crippen LogP contribution in [0.1, 0.15) is 34.5 Å². The van der Waals surface area contributed by atoms with Crippen molar-refractivity contribution in [2.45, 2.75) is 25.7 Å². The fourth-order valence-electron chi connectivity index (χ4n) is 4.87. The lowest BCUT2D eigenvalue weighted by Crippen LogP contribution is -2.22. The molecule has 0 atom stereocenters. The maximum atomic E-state index is 13.2. The summed E-state index contributed by atoms with van der Waals surface area (Å²) >= 11 is 1.34. The summed E-state index contributed by atoms with van der Waals surface area (Å²) in [5.41, 5.74) is 5.02. The van der Waals surface area contributed by atoms with Crippen molar-refractivity contribution in [2.24, 2.45) is 0 Å². The quantitative estimate of drug-likeness (QED) is 0.296. The fraction of sp³-hybridized carbons (Fsp3) is 0.172. The Hall–Kier alpha value is -4.10. The molecule has 0 saturated carbocycles. The maximum absolute atomic E-state index is 13.2. The highest BCUT2D eigenvalue weighted by Gasteiger charge is 2.24. The normalized spacial score (nSPS) is 12.9. The van der Waals surface area contributed by atoms with Gasteiger partial charge >= 0.3 is 5.97 Å². The van der Waals surface area contributed by atoms with Gasteiger partial charge in [0, 0.05) is 22.0 Å². The third-order valence-corrected chi connectivity index (χ3v) is 7.28. The highest BCUT2D eigenvalue weighted by atomic mass is 32.1. The van der Waals surface area contributed by atoms with Crippen LogP contribution in [0.25, 0.3) is 32.9 Å². The Morgan fingerprint density at radius 1 is 0.889 bits per heavy atom. The van der Waals surface area contributed by atoms with E-state index >= 15 is 0 Å². The molecule has 6 rings (SSSR count). The number of nitrogens with zero attached hydrogens (tertiary/aromatic N) is 2. The number of nitrogens with one attached hydrogen (secondary N) is 1. The average molecular weight is 494 g/mol. The van der Waals surface area contributed by atoms with Crippen LogP contribution < -0.4 is 5.32 Å². The predicted octanol–water partition coefficient (Wildman–Crippen LogP) is 6.19. The standard InChI is InChI=1S/C29H23N3O3S/c33-26(32-29-31-25(17-36-29)20-13-7-9-18-8-1-2-10-19(18)20)16-35-28(34)27-21-11-3-5-14-23(21)30-24-15-6-4-12-22(24)27/h1-3,5,7-11,13-14,17H,4,6,12,15-16H2,(H,31,32,33). The molecule has 0 saturated heterocycles. The molecule has 2 aromatic heterocycles. The number of pyridine rings is 1. The first-order valence-electron chi connectivity index (χ1n) is 12.0. The Bertz CT molecular complexity index is 1620. The summed E-state index contributed by atoms with van der Waals surface area (Å²) < 4.78 is 5.48. The van der Waals surface area contributed by atoms with Crippen molar-refractivity contribution in [1.29, 1.82) is 0 Å². The lowest BCUT2D eigenvalue weighted by Gasteiger charge is -2.19. The number of aryl methyl sites for hydroxylation is 1. The first-order valence-corrected chi connectivity index (χ1v) is 12.9. The van der Waals surface area contributed by atoms with Crippen molar-refractivity contribution in [2.75, 3.05) is 11.9 Å². The number of hydrogen-bond acceptors (Lipinski definition) is 6. The highest BCUT2D eigenvalue weighted by Crippen LogP contribution is 2.32. The van der Waals surface area contributed by atoms with Crippen LogP contribution >= 0.6 is 11.3 Å². The number of rotatable bonds is 5. The molecule has 3 aromatic carbocycles. The second kappa shape index (κ2) is 9.51. The number of carbonyl (C=O) groups is 2. The molecular weight excluding hydrogens is 470 g/mol. The molecule has 0 aliphatic heterocycles. The Kier molecular flexibility index (Phi) is 5.91. The van der Waals surface area contributed by atoms with Crippen LogP contribution in [0.5, 0.6) is 0 Å². The number of thiazole rings is 1. The minimum atomic E-state index is -0.488. The van der Waals surface area contributed by atoms with Gasteiger partial charge < -0.3 is 4.74 Å². The molecule has 6 nitrogen and oxygen atoms in total. The number of para-hydroxylation sites is 1. The fourth-order valence-corrected chi connectivity index (χ4v) is 5.59. The van der Waals surface area contributed by atoms with E-state index in [0.29, 0.717) is 10.7 Å². The molecule has 1 amide bonds. The van der Waals surface area contributed by atoms with Crippen LogP contribution in [0.15, 0.2) is 72.1 Å². The molecule has 2 heterocycles. The summed E-state index contributed by atoms with van der Waals surface area (Å²) in [4.78, 5) is 35.1. The van der Waals surface area contributed by atoms with Gasteiger partial charge in [-0.15, -0.1) is 11.3 Å². The highest BCUT2D eigenvalue weighted by molar-refractivity contribution is 7.14. The van der Waals surface area contributed by atoms with Crippen molar-refractivity contribution in [3.05, 3.63) is 88.9 Å². The van der Waals surface area contributed by atoms with Gasteiger partial charge in [-0.25, -0.2) is 9.78 Å². The molecule has 7 heteroatoms. The SMILES string of the molecule is O=C(COC(=O)c1c2c(nc3ccccc13)CCCC2)Nc1nc(-c2cccc3ccccc23)cs1. The van der Waals surface area contributed by atoms with Crippen LogP contribution in [0.2, 0.25) is 0 Å². The number of anilines is 1. The molecule has 0 unspecified atom stereocenters. The zero-order valence-corrected chi connectivity index (χ0v) is 20.3. The summed E-state index contributed by atoms with van der Waals surface area (Å²) in [6, 6.07) is 21.8. The van der Waals surface area contributed by atoms with Gasteiger partial charge in [-0.1, -0.05) is 60.7 Å². The second-order valence-electron chi connectivity index (χ2n) is 8.83. The van der Waals surface area contributed by atoms with Crippen molar-refractivity contribution in [1.82, 2.24) is 9.97 Å². The number of fused-ring (bicyclic) bond motifs is 3. The van der Waals surface area contributed by atoms with Gasteiger partial charge in [-0.05, 0) is 48.1 Å². The summed E-state index contributed by atoms with van der Waals surface area (Å²) in [5, 5.41) is 8.14. The summed E-state index contributed by atoms with van der Waals surface area (Å²) in [7, 11) is 0. The third kappa shape index (κ3) is 4.22. The molecule has 178 valence electrons. The van der Waals surface area contributed by atoms with Gasteiger partial charge in [0.25, 0.3) is 5.91 Å². The van der Waals surface area contributed by atoms with Crippen LogP contribution in [0, 0.1) is 0 Å². The molecule has 5 aromatic rings. The number of amides is 1. The molecule has 0 radical (unpaired) electrons. The molecule has 0 fully saturated rings. The van der Waals surface area contributed by atoms with E-state index in [1.165, 1.54) is 11.3 Å². The van der Waals surface area contributed by atoms with Crippen molar-refractivity contribution in [3.8, 4) is 11.3 Å². The minimum Gasteiger partial charge on any atom is -0.452 e. The summed E-state index contributed by atoms with van der Waals surface area (Å²) in [6.45, 7) is -0.382. The zero-order chi connectivity index (χ0) is 24.5. The van der Waals surface area contributed by atoms with Crippen LogP contribution in [0.4, 0.5) is 5.13 Å². The number of ether oxygens (including phenoxy) is 1. The first-order chi connectivity index (χ1) is 17.7. The van der Waals surface area contributed by atoms with Gasteiger partial charge in [0.15, 0.2) is 11.7 Å². The zero-order valence-electron chi connectivity index (χ0n) is 19.5. The number of esters is 1. The van der Waals surface area contributed by atoms with Gasteiger partial charge in [0.05, 0.1) is 16.8 Å². The molecular formula is C29H23N3O3S. The maximum Gasteiger partial charge on any atom is 0.339 e. The van der Waals surface area contributed by atoms with Crippen molar-refractivity contribution in [3.63, 3.8) is 0 Å². The van der Waals surface area contributed by atoms with Crippen molar-refractivity contribution < 1.29 is 14.3 Å². The average Bonchev–Trinajstić information content (AvgIpc) is 3.38. The van der Waals surface area contributed by atoms with Gasteiger partial charge in [0.1, 0.15) is 0 Å². The largest absolute Gasteiger partial charge is 0.452 e. The smallest absolute Gasteiger partial charge is 0.339 e. The van der Waals surface area contributed by atoms with Crippen LogP contribution in [-0.4, -0.2) is 28.5 Å². The Balaban J connectivity index is 1.18. The van der Waals surface area contributed by atoms with E-state index < -0.39 is 11.9 Å². The van der Waals surface area contributed by atoms with Gasteiger partial charge in [-0.3, -0.25) is 15.1 Å². The van der Waals surface area contributed by atoms with Crippen molar-refractivity contribution >= 4 is 50.0 Å². The van der Waals surface area contributed by atoms with E-state index in [2.05, 4.69) is 28.5 Å². The number of benzene rings is 3. The number of carbonyl (C=O) groups excluding carboxylic acids is 2.